The number of rotatable bonds is 5. The molecule has 1 fully saturated rings. The Kier molecular flexibility index (Phi) is 6.38. The molecule has 0 aliphatic heterocycles. The Balaban J connectivity index is 2.06. The highest BCUT2D eigenvalue weighted by Crippen LogP contribution is 2.28. The van der Waals surface area contributed by atoms with Gasteiger partial charge < -0.3 is 10.6 Å². The zero-order chi connectivity index (χ0) is 16.7. The Labute approximate surface area is 136 Å². The molecule has 0 bridgehead atoms. The molecule has 2 rings (SSSR count). The smallest absolute Gasteiger partial charge is 0.293 e. The van der Waals surface area contributed by atoms with Crippen LogP contribution in [-0.2, 0) is 0 Å². The second kappa shape index (κ2) is 8.50. The van der Waals surface area contributed by atoms with Crippen LogP contribution in [0.1, 0.15) is 55.3 Å². The SMILES string of the molecule is CNC(=O)c1ccc(NCC2CCCCCCC2)c([N+](=O)[O-])c1. The number of nitro groups is 1. The highest BCUT2D eigenvalue weighted by molar-refractivity contribution is 5.95. The summed E-state index contributed by atoms with van der Waals surface area (Å²) >= 11 is 0. The number of nitro benzene ring substituents is 1. The first kappa shape index (κ1) is 17.2. The number of anilines is 1. The third-order valence-corrected chi connectivity index (χ3v) is 4.49. The Morgan fingerprint density at radius 2 is 1.87 bits per heavy atom. The minimum absolute atomic E-state index is 0.0445. The molecule has 126 valence electrons. The molecule has 1 saturated carbocycles. The minimum atomic E-state index is -0.438. The summed E-state index contributed by atoms with van der Waals surface area (Å²) in [6, 6.07) is 4.58. The number of nitrogens with zero attached hydrogens (tertiary/aromatic N) is 1. The van der Waals surface area contributed by atoms with E-state index < -0.39 is 4.92 Å². The standard InChI is InChI=1S/C17H25N3O3/c1-18-17(21)14-9-10-15(16(11-14)20(22)23)19-12-13-7-5-3-2-4-6-8-13/h9-11,13,19H,2-8,12H2,1H3,(H,18,21). The van der Waals surface area contributed by atoms with Crippen LogP contribution in [0, 0.1) is 16.0 Å². The molecule has 0 heterocycles. The molecule has 6 nitrogen and oxygen atoms in total. The summed E-state index contributed by atoms with van der Waals surface area (Å²) in [5.74, 6) is 0.244. The van der Waals surface area contributed by atoms with Crippen LogP contribution in [0.3, 0.4) is 0 Å². The van der Waals surface area contributed by atoms with E-state index in [2.05, 4.69) is 10.6 Å². The van der Waals surface area contributed by atoms with Crippen molar-refractivity contribution < 1.29 is 9.72 Å². The molecule has 0 aromatic heterocycles. The number of hydrogen-bond donors (Lipinski definition) is 2. The van der Waals surface area contributed by atoms with Gasteiger partial charge in [-0.05, 0) is 30.9 Å². The van der Waals surface area contributed by atoms with Crippen LogP contribution in [0.15, 0.2) is 18.2 Å². The molecule has 1 aliphatic carbocycles. The maximum atomic E-state index is 11.6. The van der Waals surface area contributed by atoms with Crippen LogP contribution in [0.4, 0.5) is 11.4 Å². The van der Waals surface area contributed by atoms with Crippen LogP contribution in [0.5, 0.6) is 0 Å². The van der Waals surface area contributed by atoms with Gasteiger partial charge in [-0.25, -0.2) is 0 Å². The molecular weight excluding hydrogens is 294 g/mol. The first-order valence-electron chi connectivity index (χ1n) is 8.36. The Morgan fingerprint density at radius 3 is 2.48 bits per heavy atom. The number of nitrogens with one attached hydrogen (secondary N) is 2. The molecule has 0 unspecified atom stereocenters. The van der Waals surface area contributed by atoms with Crippen molar-refractivity contribution in [1.29, 1.82) is 0 Å². The van der Waals surface area contributed by atoms with Crippen molar-refractivity contribution in [3.8, 4) is 0 Å². The van der Waals surface area contributed by atoms with Crippen molar-refractivity contribution in [2.24, 2.45) is 5.92 Å². The first-order valence-corrected chi connectivity index (χ1v) is 8.36. The number of carbonyl (C=O) groups is 1. The minimum Gasteiger partial charge on any atom is -0.379 e. The molecular formula is C17H25N3O3. The van der Waals surface area contributed by atoms with Gasteiger partial charge in [0.15, 0.2) is 0 Å². The Bertz CT molecular complexity index is 552. The monoisotopic (exact) mass is 319 g/mol. The molecule has 1 aromatic carbocycles. The van der Waals surface area contributed by atoms with E-state index in [1.807, 2.05) is 0 Å². The van der Waals surface area contributed by atoms with E-state index in [-0.39, 0.29) is 11.6 Å². The lowest BCUT2D eigenvalue weighted by Gasteiger charge is -2.20. The van der Waals surface area contributed by atoms with E-state index in [0.29, 0.717) is 17.2 Å². The molecule has 0 spiro atoms. The van der Waals surface area contributed by atoms with E-state index in [9.17, 15) is 14.9 Å². The van der Waals surface area contributed by atoms with Crippen LogP contribution >= 0.6 is 0 Å². The fourth-order valence-electron chi connectivity index (χ4n) is 3.12. The number of amides is 1. The van der Waals surface area contributed by atoms with E-state index in [4.69, 9.17) is 0 Å². The number of hydrogen-bond acceptors (Lipinski definition) is 4. The largest absolute Gasteiger partial charge is 0.379 e. The number of benzene rings is 1. The second-order valence-corrected chi connectivity index (χ2v) is 6.16. The lowest BCUT2D eigenvalue weighted by Crippen LogP contribution is -2.19. The van der Waals surface area contributed by atoms with Gasteiger partial charge in [0.2, 0.25) is 0 Å². The normalized spacial score (nSPS) is 16.2. The molecule has 1 aliphatic rings. The molecule has 0 radical (unpaired) electrons. The van der Waals surface area contributed by atoms with E-state index in [0.717, 1.165) is 6.54 Å². The third kappa shape index (κ3) is 4.94. The predicted molar refractivity (Wildman–Crippen MR) is 90.8 cm³/mol. The van der Waals surface area contributed by atoms with E-state index in [1.54, 1.807) is 12.1 Å². The number of carbonyl (C=O) groups excluding carboxylic acids is 1. The fourth-order valence-corrected chi connectivity index (χ4v) is 3.12. The zero-order valence-electron chi connectivity index (χ0n) is 13.6. The maximum absolute atomic E-state index is 11.6. The summed E-state index contributed by atoms with van der Waals surface area (Å²) in [5, 5.41) is 17.0. The average molecular weight is 319 g/mol. The highest BCUT2D eigenvalue weighted by Gasteiger charge is 2.18. The van der Waals surface area contributed by atoms with Gasteiger partial charge in [-0.2, -0.15) is 0 Å². The van der Waals surface area contributed by atoms with Crippen molar-refractivity contribution in [3.05, 3.63) is 33.9 Å². The Morgan fingerprint density at radius 1 is 1.22 bits per heavy atom. The van der Waals surface area contributed by atoms with Crippen molar-refractivity contribution in [3.63, 3.8) is 0 Å². The molecule has 0 atom stereocenters. The third-order valence-electron chi connectivity index (χ3n) is 4.49. The summed E-state index contributed by atoms with van der Waals surface area (Å²) in [6.07, 6.45) is 8.74. The summed E-state index contributed by atoms with van der Waals surface area (Å²) in [5.41, 5.74) is 0.748. The topological polar surface area (TPSA) is 84.3 Å². The van der Waals surface area contributed by atoms with Gasteiger partial charge in [0.25, 0.3) is 11.6 Å². The van der Waals surface area contributed by atoms with Crippen molar-refractivity contribution in [2.75, 3.05) is 18.9 Å². The average Bonchev–Trinajstić information content (AvgIpc) is 2.53. The highest BCUT2D eigenvalue weighted by atomic mass is 16.6. The van der Waals surface area contributed by atoms with E-state index in [1.165, 1.54) is 58.1 Å². The van der Waals surface area contributed by atoms with Crippen LogP contribution in [0.2, 0.25) is 0 Å². The van der Waals surface area contributed by atoms with E-state index >= 15 is 0 Å². The van der Waals surface area contributed by atoms with Gasteiger partial charge in [0.1, 0.15) is 5.69 Å². The summed E-state index contributed by atoms with van der Waals surface area (Å²) < 4.78 is 0. The predicted octanol–water partition coefficient (Wildman–Crippen LogP) is 3.73. The van der Waals surface area contributed by atoms with Gasteiger partial charge in [0.05, 0.1) is 4.92 Å². The van der Waals surface area contributed by atoms with Gasteiger partial charge in [-0.15, -0.1) is 0 Å². The molecule has 1 aromatic rings. The van der Waals surface area contributed by atoms with Crippen LogP contribution in [0.25, 0.3) is 0 Å². The van der Waals surface area contributed by atoms with Gasteiger partial charge in [-0.3, -0.25) is 14.9 Å². The van der Waals surface area contributed by atoms with Gasteiger partial charge >= 0.3 is 0 Å². The Hall–Kier alpha value is -2.11. The summed E-state index contributed by atoms with van der Waals surface area (Å²) in [6.45, 7) is 0.750. The molecule has 23 heavy (non-hydrogen) atoms. The fraction of sp³-hybridized carbons (Fsp3) is 0.588. The molecule has 1 amide bonds. The summed E-state index contributed by atoms with van der Waals surface area (Å²) in [7, 11) is 1.51. The lowest BCUT2D eigenvalue weighted by atomic mass is 9.91. The van der Waals surface area contributed by atoms with Crippen molar-refractivity contribution in [2.45, 2.75) is 44.9 Å². The second-order valence-electron chi connectivity index (χ2n) is 6.16. The van der Waals surface area contributed by atoms with Crippen LogP contribution in [-0.4, -0.2) is 24.4 Å². The molecule has 2 N–H and O–H groups in total. The van der Waals surface area contributed by atoms with Crippen molar-refractivity contribution in [1.82, 2.24) is 5.32 Å². The van der Waals surface area contributed by atoms with Crippen molar-refractivity contribution >= 4 is 17.3 Å². The van der Waals surface area contributed by atoms with Crippen LogP contribution < -0.4 is 10.6 Å². The summed E-state index contributed by atoms with van der Waals surface area (Å²) in [4.78, 5) is 22.5. The molecule has 6 heteroatoms. The van der Waals surface area contributed by atoms with Gasteiger partial charge in [-0.1, -0.05) is 32.1 Å². The maximum Gasteiger partial charge on any atom is 0.293 e. The lowest BCUT2D eigenvalue weighted by molar-refractivity contribution is -0.384. The first-order chi connectivity index (χ1) is 11.1. The zero-order valence-corrected chi connectivity index (χ0v) is 13.6. The van der Waals surface area contributed by atoms with Gasteiger partial charge in [0, 0.05) is 25.2 Å². The quantitative estimate of drug-likeness (QED) is 0.640. The molecule has 0 saturated heterocycles.